The van der Waals surface area contributed by atoms with Gasteiger partial charge in [-0.25, -0.2) is 4.79 Å². The summed E-state index contributed by atoms with van der Waals surface area (Å²) in [5, 5.41) is 1.08. The van der Waals surface area contributed by atoms with Gasteiger partial charge in [-0.15, -0.1) is 0 Å². The maximum absolute atomic E-state index is 12.6. The first kappa shape index (κ1) is 19.8. The Labute approximate surface area is 171 Å². The number of esters is 1. The minimum atomic E-state index is -0.431. The van der Waals surface area contributed by atoms with Gasteiger partial charge >= 0.3 is 5.97 Å². The second-order valence-electron chi connectivity index (χ2n) is 5.83. The molecule has 1 N–H and O–H groups in total. The van der Waals surface area contributed by atoms with Crippen molar-refractivity contribution in [2.75, 3.05) is 7.11 Å². The Morgan fingerprint density at radius 3 is 2.46 bits per heavy atom. The van der Waals surface area contributed by atoms with Crippen LogP contribution in [0.25, 0.3) is 6.08 Å². The number of nitrogens with one attached hydrogen (secondary N) is 1. The van der Waals surface area contributed by atoms with E-state index in [9.17, 15) is 14.4 Å². The predicted molar refractivity (Wildman–Crippen MR) is 111 cm³/mol. The summed E-state index contributed by atoms with van der Waals surface area (Å²) >= 11 is 6.32. The lowest BCUT2D eigenvalue weighted by Crippen LogP contribution is -2.45. The summed E-state index contributed by atoms with van der Waals surface area (Å²) in [6.45, 7) is 0. The third-order valence-corrected chi connectivity index (χ3v) is 5.17. The van der Waals surface area contributed by atoms with Crippen LogP contribution >= 0.6 is 24.0 Å². The molecule has 0 saturated carbocycles. The molecule has 28 heavy (non-hydrogen) atoms. The van der Waals surface area contributed by atoms with Gasteiger partial charge in [0.1, 0.15) is 0 Å². The van der Waals surface area contributed by atoms with Crippen LogP contribution in [0.2, 0.25) is 0 Å². The van der Waals surface area contributed by atoms with Crippen molar-refractivity contribution in [3.05, 3.63) is 76.2 Å². The maximum atomic E-state index is 12.6. The first-order valence-electron chi connectivity index (χ1n) is 8.27. The predicted octanol–water partition coefficient (Wildman–Crippen LogP) is 2.95. The number of rotatable bonds is 5. The lowest BCUT2D eigenvalue weighted by molar-refractivity contribution is -0.132. The highest BCUT2D eigenvalue weighted by atomic mass is 32.2. The average Bonchev–Trinajstić information content (AvgIpc) is 2.96. The summed E-state index contributed by atoms with van der Waals surface area (Å²) in [5.74, 6) is -1.15. The fraction of sp³-hybridized carbons (Fsp3) is 0.100. The summed E-state index contributed by atoms with van der Waals surface area (Å²) in [4.78, 5) is 36.7. The van der Waals surface area contributed by atoms with Crippen LogP contribution in [0.4, 0.5) is 0 Å². The van der Waals surface area contributed by atoms with Crippen LogP contribution < -0.4 is 5.43 Å². The van der Waals surface area contributed by atoms with Gasteiger partial charge < -0.3 is 4.74 Å². The second kappa shape index (κ2) is 8.81. The second-order valence-corrected chi connectivity index (χ2v) is 7.50. The molecule has 8 heteroatoms. The SMILES string of the molecule is COC(=O)c1ccc(/C=C2\SC(=S)N(NC(=O)Cc3ccccc3)C2=O)cc1. The number of carbonyl (C=O) groups is 3. The number of amides is 2. The molecule has 0 radical (unpaired) electrons. The zero-order chi connectivity index (χ0) is 20.1. The molecule has 1 heterocycles. The highest BCUT2D eigenvalue weighted by molar-refractivity contribution is 8.26. The highest BCUT2D eigenvalue weighted by Gasteiger charge is 2.33. The van der Waals surface area contributed by atoms with Crippen LogP contribution in [-0.2, 0) is 20.7 Å². The lowest BCUT2D eigenvalue weighted by Gasteiger charge is -2.15. The van der Waals surface area contributed by atoms with E-state index in [1.807, 2.05) is 30.3 Å². The Balaban J connectivity index is 1.68. The van der Waals surface area contributed by atoms with Crippen molar-refractivity contribution >= 4 is 52.2 Å². The normalized spacial score (nSPS) is 15.0. The molecule has 6 nitrogen and oxygen atoms in total. The van der Waals surface area contributed by atoms with Gasteiger partial charge in [-0.2, -0.15) is 5.01 Å². The van der Waals surface area contributed by atoms with E-state index >= 15 is 0 Å². The largest absolute Gasteiger partial charge is 0.465 e. The molecule has 1 aliphatic rings. The fourth-order valence-electron chi connectivity index (χ4n) is 2.49. The molecule has 1 aliphatic heterocycles. The number of ether oxygens (including phenoxy) is 1. The van der Waals surface area contributed by atoms with E-state index in [2.05, 4.69) is 10.2 Å². The van der Waals surface area contributed by atoms with Gasteiger partial charge in [-0.05, 0) is 41.6 Å². The molecule has 2 aromatic carbocycles. The number of hydrogen-bond donors (Lipinski definition) is 1. The van der Waals surface area contributed by atoms with E-state index in [1.54, 1.807) is 30.3 Å². The van der Waals surface area contributed by atoms with Crippen molar-refractivity contribution in [1.82, 2.24) is 10.4 Å². The molecule has 0 aromatic heterocycles. The highest BCUT2D eigenvalue weighted by Crippen LogP contribution is 2.31. The van der Waals surface area contributed by atoms with Gasteiger partial charge in [0.2, 0.25) is 5.91 Å². The molecule has 0 aliphatic carbocycles. The number of thiocarbonyl (C=S) groups is 1. The number of thioether (sulfide) groups is 1. The number of hydrazine groups is 1. The number of benzene rings is 2. The molecule has 0 unspecified atom stereocenters. The Bertz CT molecular complexity index is 956. The molecule has 142 valence electrons. The quantitative estimate of drug-likeness (QED) is 0.462. The molecular formula is C20H16N2O4S2. The van der Waals surface area contributed by atoms with Gasteiger partial charge in [-0.3, -0.25) is 15.0 Å². The van der Waals surface area contributed by atoms with E-state index in [0.29, 0.717) is 10.5 Å². The summed E-state index contributed by atoms with van der Waals surface area (Å²) in [6.07, 6.45) is 1.80. The van der Waals surface area contributed by atoms with E-state index in [4.69, 9.17) is 12.2 Å². The average molecular weight is 412 g/mol. The van der Waals surface area contributed by atoms with Crippen LogP contribution in [-0.4, -0.2) is 34.2 Å². The Morgan fingerprint density at radius 2 is 1.82 bits per heavy atom. The van der Waals surface area contributed by atoms with Crippen molar-refractivity contribution in [2.24, 2.45) is 0 Å². The maximum Gasteiger partial charge on any atom is 0.337 e. The van der Waals surface area contributed by atoms with E-state index in [0.717, 1.165) is 27.9 Å². The van der Waals surface area contributed by atoms with Crippen molar-refractivity contribution in [3.63, 3.8) is 0 Å². The number of nitrogens with zero attached hydrogens (tertiary/aromatic N) is 1. The summed E-state index contributed by atoms with van der Waals surface area (Å²) in [7, 11) is 1.31. The number of carbonyl (C=O) groups excluding carboxylic acids is 3. The Morgan fingerprint density at radius 1 is 1.14 bits per heavy atom. The van der Waals surface area contributed by atoms with Gasteiger partial charge in [0, 0.05) is 0 Å². The van der Waals surface area contributed by atoms with Crippen molar-refractivity contribution < 1.29 is 19.1 Å². The van der Waals surface area contributed by atoms with Crippen LogP contribution in [0.15, 0.2) is 59.5 Å². The van der Waals surface area contributed by atoms with Crippen molar-refractivity contribution in [1.29, 1.82) is 0 Å². The third-order valence-electron chi connectivity index (χ3n) is 3.87. The molecule has 1 fully saturated rings. The molecule has 0 spiro atoms. The van der Waals surface area contributed by atoms with Crippen LogP contribution in [0.3, 0.4) is 0 Å². The van der Waals surface area contributed by atoms with E-state index in [1.165, 1.54) is 7.11 Å². The molecule has 2 amide bonds. The topological polar surface area (TPSA) is 75.7 Å². The minimum absolute atomic E-state index is 0.145. The van der Waals surface area contributed by atoms with E-state index in [-0.39, 0.29) is 16.6 Å². The van der Waals surface area contributed by atoms with Gasteiger partial charge in [0.15, 0.2) is 4.32 Å². The summed E-state index contributed by atoms with van der Waals surface area (Å²) in [6, 6.07) is 15.8. The molecule has 3 rings (SSSR count). The Kier molecular flexibility index (Phi) is 6.23. The first-order chi connectivity index (χ1) is 13.5. The van der Waals surface area contributed by atoms with Crippen molar-refractivity contribution in [2.45, 2.75) is 6.42 Å². The molecule has 0 atom stereocenters. The smallest absolute Gasteiger partial charge is 0.337 e. The summed E-state index contributed by atoms with van der Waals surface area (Å²) in [5.41, 5.74) is 4.54. The molecular weight excluding hydrogens is 396 g/mol. The van der Waals surface area contributed by atoms with Gasteiger partial charge in [0.25, 0.3) is 5.91 Å². The van der Waals surface area contributed by atoms with Crippen LogP contribution in [0.1, 0.15) is 21.5 Å². The molecule has 2 aromatic rings. The summed E-state index contributed by atoms with van der Waals surface area (Å²) < 4.78 is 4.91. The number of methoxy groups -OCH3 is 1. The Hall–Kier alpha value is -2.97. The standard InChI is InChI=1S/C20H16N2O4S2/c1-26-19(25)15-9-7-14(8-10-15)11-16-18(24)22(20(27)28-16)21-17(23)12-13-5-3-2-4-6-13/h2-11H,12H2,1H3,(H,21,23)/b16-11-. The zero-order valence-electron chi connectivity index (χ0n) is 14.9. The van der Waals surface area contributed by atoms with Gasteiger partial charge in [0.05, 0.1) is 24.0 Å². The number of hydrogen-bond acceptors (Lipinski definition) is 6. The fourth-order valence-corrected chi connectivity index (χ4v) is 3.67. The lowest BCUT2D eigenvalue weighted by atomic mass is 10.1. The molecule has 0 bridgehead atoms. The van der Waals surface area contributed by atoms with Crippen molar-refractivity contribution in [3.8, 4) is 0 Å². The first-order valence-corrected chi connectivity index (χ1v) is 9.50. The van der Waals surface area contributed by atoms with E-state index < -0.39 is 11.9 Å². The minimum Gasteiger partial charge on any atom is -0.465 e. The van der Waals surface area contributed by atoms with Crippen LogP contribution in [0.5, 0.6) is 0 Å². The zero-order valence-corrected chi connectivity index (χ0v) is 16.5. The van der Waals surface area contributed by atoms with Crippen LogP contribution in [0, 0.1) is 0 Å². The van der Waals surface area contributed by atoms with Gasteiger partial charge in [-0.1, -0.05) is 54.2 Å². The monoisotopic (exact) mass is 412 g/mol. The third kappa shape index (κ3) is 4.65. The molecule has 1 saturated heterocycles.